The summed E-state index contributed by atoms with van der Waals surface area (Å²) in [5.41, 5.74) is 8.11. The number of benzene rings is 1. The zero-order valence-electron chi connectivity index (χ0n) is 19.1. The Hall–Kier alpha value is -3.21. The molecule has 1 saturated carbocycles. The van der Waals surface area contributed by atoms with E-state index in [0.717, 1.165) is 29.4 Å². The number of likely N-dealkylation sites (N-methyl/N-ethyl adjacent to an activating group) is 1. The molecule has 1 saturated heterocycles. The van der Waals surface area contributed by atoms with E-state index in [4.69, 9.17) is 15.2 Å². The lowest BCUT2D eigenvalue weighted by molar-refractivity contribution is -0.216. The van der Waals surface area contributed by atoms with Crippen LogP contribution in [0.15, 0.2) is 36.5 Å². The number of fused-ring (bicyclic) bond motifs is 2. The molecule has 1 aromatic carbocycles. The second-order valence-electron chi connectivity index (χ2n) is 9.45. The van der Waals surface area contributed by atoms with Gasteiger partial charge in [0.1, 0.15) is 5.69 Å². The number of para-hydroxylation sites is 1. The van der Waals surface area contributed by atoms with Gasteiger partial charge in [-0.2, -0.15) is 5.10 Å². The molecule has 3 aliphatic rings. The van der Waals surface area contributed by atoms with Crippen LogP contribution >= 0.6 is 0 Å². The summed E-state index contributed by atoms with van der Waals surface area (Å²) in [6.45, 7) is 2.22. The summed E-state index contributed by atoms with van der Waals surface area (Å²) < 4.78 is 13.5. The number of H-pyrrole nitrogens is 1. The molecule has 3 N–H and O–H groups in total. The van der Waals surface area contributed by atoms with Gasteiger partial charge in [0.05, 0.1) is 55.3 Å². The predicted octanol–water partition coefficient (Wildman–Crippen LogP) is 1.33. The largest absolute Gasteiger partial charge is 0.351 e. The molecule has 2 amide bonds. The number of aromatic nitrogens is 3. The average Bonchev–Trinajstić information content (AvgIpc) is 3.37. The van der Waals surface area contributed by atoms with Gasteiger partial charge in [-0.15, -0.1) is 0 Å². The number of hydrogen-bond acceptors (Lipinski definition) is 6. The highest BCUT2D eigenvalue weighted by atomic mass is 16.7. The van der Waals surface area contributed by atoms with E-state index in [1.54, 1.807) is 23.0 Å². The number of hydrogen-bond donors (Lipinski definition) is 2. The minimum absolute atomic E-state index is 0.0885. The first kappa shape index (κ1) is 21.3. The van der Waals surface area contributed by atoms with Crippen molar-refractivity contribution >= 4 is 22.7 Å². The maximum absolute atomic E-state index is 13.6. The molecule has 10 heteroatoms. The number of rotatable bonds is 4. The van der Waals surface area contributed by atoms with E-state index in [-0.39, 0.29) is 17.9 Å². The Morgan fingerprint density at radius 1 is 1.21 bits per heavy atom. The van der Waals surface area contributed by atoms with Gasteiger partial charge in [0.2, 0.25) is 0 Å². The van der Waals surface area contributed by atoms with Crippen LogP contribution in [0.5, 0.6) is 0 Å². The molecule has 0 atom stereocenters. The summed E-state index contributed by atoms with van der Waals surface area (Å²) >= 11 is 0. The van der Waals surface area contributed by atoms with Crippen molar-refractivity contribution in [3.8, 4) is 0 Å². The summed E-state index contributed by atoms with van der Waals surface area (Å²) in [5, 5.41) is 5.42. The lowest BCUT2D eigenvalue weighted by Crippen LogP contribution is -2.54. The molecule has 6 rings (SSSR count). The van der Waals surface area contributed by atoms with Crippen LogP contribution in [0, 0.1) is 0 Å². The number of amides is 2. The summed E-state index contributed by atoms with van der Waals surface area (Å²) in [6.07, 6.45) is 2.75. The van der Waals surface area contributed by atoms with Gasteiger partial charge >= 0.3 is 0 Å². The molecule has 2 aliphatic heterocycles. The third-order valence-corrected chi connectivity index (χ3v) is 7.25. The third kappa shape index (κ3) is 3.41. The molecule has 34 heavy (non-hydrogen) atoms. The highest BCUT2D eigenvalue weighted by Gasteiger charge is 2.57. The van der Waals surface area contributed by atoms with Crippen LogP contribution in [0.25, 0.3) is 10.9 Å². The highest BCUT2D eigenvalue weighted by Crippen LogP contribution is 2.47. The minimum atomic E-state index is -0.486. The van der Waals surface area contributed by atoms with Gasteiger partial charge in [-0.1, -0.05) is 18.2 Å². The first-order chi connectivity index (χ1) is 16.5. The van der Waals surface area contributed by atoms with Gasteiger partial charge in [-0.3, -0.25) is 14.3 Å². The topological polar surface area (TPSA) is 119 Å². The molecule has 1 aliphatic carbocycles. The summed E-state index contributed by atoms with van der Waals surface area (Å²) in [4.78, 5) is 33.5. The Morgan fingerprint density at radius 2 is 1.97 bits per heavy atom. The minimum Gasteiger partial charge on any atom is -0.351 e. The predicted molar refractivity (Wildman–Crippen MR) is 123 cm³/mol. The number of carbonyl (C=O) groups is 2. The second-order valence-corrected chi connectivity index (χ2v) is 9.45. The fourth-order valence-corrected chi connectivity index (χ4v) is 5.03. The first-order valence-corrected chi connectivity index (χ1v) is 11.6. The fraction of sp³-hybridized carbons (Fsp3) is 0.458. The molecule has 178 valence electrons. The van der Waals surface area contributed by atoms with Crippen LogP contribution < -0.4 is 5.73 Å². The molecule has 0 radical (unpaired) electrons. The molecule has 0 spiro atoms. The Balaban J connectivity index is 1.21. The van der Waals surface area contributed by atoms with Gasteiger partial charge in [-0.25, -0.2) is 0 Å². The van der Waals surface area contributed by atoms with Gasteiger partial charge in [0.25, 0.3) is 11.8 Å². The number of nitrogens with zero attached hydrogens (tertiary/aromatic N) is 4. The molecule has 10 nitrogen and oxygen atoms in total. The van der Waals surface area contributed by atoms with Crippen molar-refractivity contribution in [1.29, 1.82) is 0 Å². The second kappa shape index (κ2) is 7.93. The summed E-state index contributed by atoms with van der Waals surface area (Å²) in [7, 11) is 1.79. The Kier molecular flexibility index (Phi) is 4.98. The number of nitrogens with one attached hydrogen (secondary N) is 1. The summed E-state index contributed by atoms with van der Waals surface area (Å²) in [5.74, 6) is -0.227. The number of ether oxygens (including phenoxy) is 2. The third-order valence-electron chi connectivity index (χ3n) is 7.25. The van der Waals surface area contributed by atoms with E-state index < -0.39 is 11.8 Å². The number of aromatic amines is 1. The Bertz CT molecular complexity index is 1220. The molecule has 0 bridgehead atoms. The van der Waals surface area contributed by atoms with E-state index in [2.05, 4.69) is 10.1 Å². The quantitative estimate of drug-likeness (QED) is 0.601. The Labute approximate surface area is 196 Å². The van der Waals surface area contributed by atoms with Crippen LogP contribution in [0.1, 0.15) is 39.4 Å². The van der Waals surface area contributed by atoms with E-state index in [1.807, 2.05) is 35.0 Å². The molecule has 0 unspecified atom stereocenters. The van der Waals surface area contributed by atoms with E-state index in [0.29, 0.717) is 44.1 Å². The molecule has 4 heterocycles. The van der Waals surface area contributed by atoms with E-state index >= 15 is 0 Å². The molecule has 3 aromatic rings. The first-order valence-electron chi connectivity index (χ1n) is 11.6. The Morgan fingerprint density at radius 3 is 2.71 bits per heavy atom. The van der Waals surface area contributed by atoms with Crippen molar-refractivity contribution in [2.75, 3.05) is 26.8 Å². The van der Waals surface area contributed by atoms with Crippen molar-refractivity contribution < 1.29 is 19.1 Å². The maximum Gasteiger partial charge on any atom is 0.270 e. The standard InChI is InChI=1S/C24H28N6O4/c1-28(24(6-7-24)23-33-13-16(25)14-34-23)21(31)17-11-26-30-9-8-29(12-20(17)30)22(32)19-10-15-4-2-3-5-18(15)27-19/h2-5,10-11,16,23,27H,6-9,12-14,25H2,1H3. The maximum atomic E-state index is 13.6. The average molecular weight is 465 g/mol. The molecular weight excluding hydrogens is 436 g/mol. The summed E-state index contributed by atoms with van der Waals surface area (Å²) in [6, 6.07) is 9.54. The normalized spacial score (nSPS) is 23.5. The van der Waals surface area contributed by atoms with Crippen LogP contribution in [0.3, 0.4) is 0 Å². The van der Waals surface area contributed by atoms with Gasteiger partial charge in [0, 0.05) is 24.5 Å². The van der Waals surface area contributed by atoms with Crippen molar-refractivity contribution in [1.82, 2.24) is 24.6 Å². The van der Waals surface area contributed by atoms with E-state index in [9.17, 15) is 9.59 Å². The SMILES string of the molecule is CN(C(=O)c1cnn2c1CN(C(=O)c1cc3ccccc3[nH]1)CC2)C1(C2OCC(N)CO2)CC1. The molecular formula is C24H28N6O4. The van der Waals surface area contributed by atoms with Gasteiger partial charge in [0.15, 0.2) is 6.29 Å². The highest BCUT2D eigenvalue weighted by molar-refractivity contribution is 5.99. The number of carbonyl (C=O) groups excluding carboxylic acids is 2. The van der Waals surface area contributed by atoms with Gasteiger partial charge in [-0.05, 0) is 25.0 Å². The lowest BCUT2D eigenvalue weighted by Gasteiger charge is -2.38. The fourth-order valence-electron chi connectivity index (χ4n) is 5.03. The zero-order chi connectivity index (χ0) is 23.4. The van der Waals surface area contributed by atoms with Crippen LogP contribution in [0.4, 0.5) is 0 Å². The van der Waals surface area contributed by atoms with Crippen LogP contribution in [0.2, 0.25) is 0 Å². The van der Waals surface area contributed by atoms with Crippen molar-refractivity contribution in [2.24, 2.45) is 5.73 Å². The van der Waals surface area contributed by atoms with Gasteiger partial charge < -0.3 is 30.0 Å². The number of nitrogens with two attached hydrogens (primary N) is 1. The zero-order valence-corrected chi connectivity index (χ0v) is 19.1. The van der Waals surface area contributed by atoms with Crippen LogP contribution in [-0.4, -0.2) is 81.1 Å². The van der Waals surface area contributed by atoms with Crippen molar-refractivity contribution in [2.45, 2.75) is 43.8 Å². The molecule has 2 fully saturated rings. The van der Waals surface area contributed by atoms with Crippen molar-refractivity contribution in [3.05, 3.63) is 53.5 Å². The molecule has 2 aromatic heterocycles. The van der Waals surface area contributed by atoms with Crippen molar-refractivity contribution in [3.63, 3.8) is 0 Å². The van der Waals surface area contributed by atoms with E-state index in [1.165, 1.54) is 0 Å². The smallest absolute Gasteiger partial charge is 0.270 e. The lowest BCUT2D eigenvalue weighted by atomic mass is 10.1. The monoisotopic (exact) mass is 464 g/mol. The van der Waals surface area contributed by atoms with Crippen LogP contribution in [-0.2, 0) is 22.6 Å².